The summed E-state index contributed by atoms with van der Waals surface area (Å²) in [6, 6.07) is 5.08. The summed E-state index contributed by atoms with van der Waals surface area (Å²) in [5, 5.41) is 9.09. The second kappa shape index (κ2) is 4.40. The molecule has 1 N–H and O–H groups in total. The van der Waals surface area contributed by atoms with E-state index in [4.69, 9.17) is 5.11 Å². The monoisotopic (exact) mass is 278 g/mol. The van der Waals surface area contributed by atoms with Gasteiger partial charge in [0.05, 0.1) is 5.56 Å². The van der Waals surface area contributed by atoms with E-state index in [1.165, 1.54) is 6.33 Å². The number of hydrogen-bond donors (Lipinski definition) is 1. The van der Waals surface area contributed by atoms with Gasteiger partial charge in [0.25, 0.3) is 0 Å². The molecule has 0 bridgehead atoms. The molecule has 0 saturated heterocycles. The molecule has 2 rings (SSSR count). The maximum absolute atomic E-state index is 11.1. The first kappa shape index (κ1) is 10.8. The maximum Gasteiger partial charge on any atom is 0.336 e. The summed E-state index contributed by atoms with van der Waals surface area (Å²) in [4.78, 5) is 18.8. The summed E-state index contributed by atoms with van der Waals surface area (Å²) in [6.07, 6.45) is 4.58. The number of benzene rings is 1. The summed E-state index contributed by atoms with van der Waals surface area (Å²) < 4.78 is 0.727. The van der Waals surface area contributed by atoms with Gasteiger partial charge in [0, 0.05) is 22.4 Å². The van der Waals surface area contributed by atoms with Gasteiger partial charge in [-0.25, -0.2) is 14.8 Å². The zero-order chi connectivity index (χ0) is 11.5. The van der Waals surface area contributed by atoms with Crippen molar-refractivity contribution in [1.29, 1.82) is 0 Å². The zero-order valence-corrected chi connectivity index (χ0v) is 9.68. The van der Waals surface area contributed by atoms with Crippen molar-refractivity contribution in [3.63, 3.8) is 0 Å². The summed E-state index contributed by atoms with van der Waals surface area (Å²) in [5.41, 5.74) is 1.52. The van der Waals surface area contributed by atoms with Gasteiger partial charge in [-0.3, -0.25) is 0 Å². The van der Waals surface area contributed by atoms with E-state index in [0.29, 0.717) is 11.1 Å². The van der Waals surface area contributed by atoms with Crippen LogP contribution in [0.25, 0.3) is 11.1 Å². The van der Waals surface area contributed by atoms with Crippen LogP contribution in [0.5, 0.6) is 0 Å². The van der Waals surface area contributed by atoms with Crippen LogP contribution in [0.4, 0.5) is 0 Å². The first-order chi connectivity index (χ1) is 7.68. The molecular formula is C11H7BrN2O2. The third kappa shape index (κ3) is 2.09. The second-order valence-corrected chi connectivity index (χ2v) is 4.04. The summed E-state index contributed by atoms with van der Waals surface area (Å²) in [7, 11) is 0. The van der Waals surface area contributed by atoms with Crippen LogP contribution in [-0.2, 0) is 0 Å². The lowest BCUT2D eigenvalue weighted by molar-refractivity contribution is 0.0697. The van der Waals surface area contributed by atoms with Crippen LogP contribution >= 0.6 is 15.9 Å². The highest BCUT2D eigenvalue weighted by atomic mass is 79.9. The topological polar surface area (TPSA) is 63.1 Å². The Kier molecular flexibility index (Phi) is 2.96. The summed E-state index contributed by atoms with van der Waals surface area (Å²) >= 11 is 3.24. The minimum Gasteiger partial charge on any atom is -0.478 e. The molecule has 0 aliphatic rings. The molecule has 1 aromatic carbocycles. The van der Waals surface area contributed by atoms with E-state index >= 15 is 0 Å². The van der Waals surface area contributed by atoms with Gasteiger partial charge in [0.1, 0.15) is 6.33 Å². The lowest BCUT2D eigenvalue weighted by Crippen LogP contribution is -1.99. The smallest absolute Gasteiger partial charge is 0.336 e. The van der Waals surface area contributed by atoms with E-state index in [1.807, 2.05) is 0 Å². The number of carboxylic acids is 1. The second-order valence-electron chi connectivity index (χ2n) is 3.12. The van der Waals surface area contributed by atoms with Crippen LogP contribution in [0, 0.1) is 0 Å². The average Bonchev–Trinajstić information content (AvgIpc) is 2.30. The van der Waals surface area contributed by atoms with Gasteiger partial charge >= 0.3 is 5.97 Å². The van der Waals surface area contributed by atoms with Crippen LogP contribution < -0.4 is 0 Å². The Morgan fingerprint density at radius 3 is 2.56 bits per heavy atom. The zero-order valence-electron chi connectivity index (χ0n) is 8.09. The molecule has 1 heterocycles. The molecule has 0 aliphatic carbocycles. The third-order valence-electron chi connectivity index (χ3n) is 2.08. The van der Waals surface area contributed by atoms with Gasteiger partial charge in [-0.05, 0) is 17.7 Å². The van der Waals surface area contributed by atoms with Crippen LogP contribution in [0.3, 0.4) is 0 Å². The van der Waals surface area contributed by atoms with Gasteiger partial charge in [0.15, 0.2) is 0 Å². The molecule has 0 amide bonds. The van der Waals surface area contributed by atoms with Crippen molar-refractivity contribution >= 4 is 21.9 Å². The highest BCUT2D eigenvalue weighted by Gasteiger charge is 2.12. The molecule has 2 aromatic rings. The number of aromatic nitrogens is 2. The Bertz CT molecular complexity index is 529. The van der Waals surface area contributed by atoms with Crippen molar-refractivity contribution in [2.75, 3.05) is 0 Å². The molecule has 80 valence electrons. The lowest BCUT2D eigenvalue weighted by atomic mass is 10.0. The van der Waals surface area contributed by atoms with E-state index in [2.05, 4.69) is 25.9 Å². The largest absolute Gasteiger partial charge is 0.478 e. The van der Waals surface area contributed by atoms with Crippen molar-refractivity contribution in [1.82, 2.24) is 9.97 Å². The van der Waals surface area contributed by atoms with Gasteiger partial charge in [-0.1, -0.05) is 22.0 Å². The van der Waals surface area contributed by atoms with Crippen molar-refractivity contribution in [3.8, 4) is 11.1 Å². The molecule has 0 atom stereocenters. The van der Waals surface area contributed by atoms with E-state index < -0.39 is 5.97 Å². The number of hydrogen-bond acceptors (Lipinski definition) is 3. The van der Waals surface area contributed by atoms with Gasteiger partial charge < -0.3 is 5.11 Å². The minimum absolute atomic E-state index is 0.226. The highest BCUT2D eigenvalue weighted by Crippen LogP contribution is 2.25. The van der Waals surface area contributed by atoms with Crippen LogP contribution in [0.15, 0.2) is 41.4 Å². The summed E-state index contributed by atoms with van der Waals surface area (Å²) in [5.74, 6) is -0.972. The van der Waals surface area contributed by atoms with E-state index in [-0.39, 0.29) is 5.56 Å². The molecule has 0 radical (unpaired) electrons. The number of aromatic carboxylic acids is 1. The van der Waals surface area contributed by atoms with E-state index in [9.17, 15) is 4.79 Å². The Labute approximate surface area is 100 Å². The molecule has 0 unspecified atom stereocenters. The third-order valence-corrected chi connectivity index (χ3v) is 2.58. The standard InChI is InChI=1S/C11H7BrN2O2/c12-8-1-2-9(10(3-8)11(15)16)7-4-13-6-14-5-7/h1-6H,(H,15,16). The van der Waals surface area contributed by atoms with Gasteiger partial charge in [-0.2, -0.15) is 0 Å². The molecular weight excluding hydrogens is 272 g/mol. The SMILES string of the molecule is O=C(O)c1cc(Br)ccc1-c1cncnc1. The van der Waals surface area contributed by atoms with Crippen molar-refractivity contribution in [2.45, 2.75) is 0 Å². The number of carbonyl (C=O) groups is 1. The Morgan fingerprint density at radius 2 is 1.94 bits per heavy atom. The van der Waals surface area contributed by atoms with E-state index in [0.717, 1.165) is 4.47 Å². The number of halogens is 1. The van der Waals surface area contributed by atoms with Gasteiger partial charge in [0.2, 0.25) is 0 Å². The van der Waals surface area contributed by atoms with Crippen molar-refractivity contribution < 1.29 is 9.90 Å². The quantitative estimate of drug-likeness (QED) is 0.917. The van der Waals surface area contributed by atoms with E-state index in [1.54, 1.807) is 30.6 Å². The molecule has 16 heavy (non-hydrogen) atoms. The molecule has 0 spiro atoms. The Morgan fingerprint density at radius 1 is 1.25 bits per heavy atom. The van der Waals surface area contributed by atoms with Gasteiger partial charge in [-0.15, -0.1) is 0 Å². The predicted octanol–water partition coefficient (Wildman–Crippen LogP) is 2.60. The first-order valence-corrected chi connectivity index (χ1v) is 5.26. The maximum atomic E-state index is 11.1. The lowest BCUT2D eigenvalue weighted by Gasteiger charge is -2.05. The fraction of sp³-hybridized carbons (Fsp3) is 0. The Balaban J connectivity index is 2.61. The van der Waals surface area contributed by atoms with Crippen LogP contribution in [0.2, 0.25) is 0 Å². The predicted molar refractivity (Wildman–Crippen MR) is 62.1 cm³/mol. The number of rotatable bonds is 2. The van der Waals surface area contributed by atoms with Crippen LogP contribution in [0.1, 0.15) is 10.4 Å². The molecule has 4 nitrogen and oxygen atoms in total. The molecule has 0 aliphatic heterocycles. The first-order valence-electron chi connectivity index (χ1n) is 4.46. The normalized spacial score (nSPS) is 10.1. The fourth-order valence-corrected chi connectivity index (χ4v) is 1.74. The fourth-order valence-electron chi connectivity index (χ4n) is 1.38. The van der Waals surface area contributed by atoms with Crippen molar-refractivity contribution in [2.24, 2.45) is 0 Å². The summed E-state index contributed by atoms with van der Waals surface area (Å²) in [6.45, 7) is 0. The molecule has 0 saturated carbocycles. The minimum atomic E-state index is -0.972. The number of carboxylic acid groups (broad SMARTS) is 1. The highest BCUT2D eigenvalue weighted by molar-refractivity contribution is 9.10. The van der Waals surface area contributed by atoms with Crippen LogP contribution in [-0.4, -0.2) is 21.0 Å². The number of nitrogens with zero attached hydrogens (tertiary/aromatic N) is 2. The average molecular weight is 279 g/mol. The molecule has 5 heteroatoms. The molecule has 0 fully saturated rings. The van der Waals surface area contributed by atoms with Crippen molar-refractivity contribution in [3.05, 3.63) is 47.0 Å². The Hall–Kier alpha value is -1.75. The molecule has 1 aromatic heterocycles.